The molecule has 0 aliphatic carbocycles. The maximum atomic E-state index is 12.8. The summed E-state index contributed by atoms with van der Waals surface area (Å²) < 4.78 is 5.34. The summed E-state index contributed by atoms with van der Waals surface area (Å²) in [6.07, 6.45) is 0.0137. The van der Waals surface area contributed by atoms with Crippen LogP contribution in [-0.4, -0.2) is 46.5 Å². The lowest BCUT2D eigenvalue weighted by atomic mass is 10.3. The SMILES string of the molecule is COC1CSC2=C(SC1)C(=O)N(c1ccc3ccc(Cl)nc3n1)C2=O. The van der Waals surface area contributed by atoms with Crippen LogP contribution in [0, 0.1) is 0 Å². The molecule has 2 aliphatic heterocycles. The third-order valence-corrected chi connectivity index (χ3v) is 6.65. The molecule has 0 bridgehead atoms. The number of imide groups is 1. The fourth-order valence-electron chi connectivity index (χ4n) is 2.58. The molecule has 4 heterocycles. The summed E-state index contributed by atoms with van der Waals surface area (Å²) in [5.74, 6) is 0.843. The van der Waals surface area contributed by atoms with Gasteiger partial charge in [-0.1, -0.05) is 11.6 Å². The monoisotopic (exact) mass is 393 g/mol. The zero-order valence-corrected chi connectivity index (χ0v) is 15.5. The third-order valence-electron chi connectivity index (χ3n) is 3.89. The van der Waals surface area contributed by atoms with Crippen LogP contribution >= 0.6 is 35.1 Å². The van der Waals surface area contributed by atoms with E-state index in [1.807, 2.05) is 0 Å². The standard InChI is InChI=1S/C16H12ClN3O3S2/c1-23-9-6-24-12-13(25-7-9)16(22)20(15(12)21)11-5-3-8-2-4-10(17)18-14(8)19-11/h2-5,9H,6-7H2,1H3. The first-order chi connectivity index (χ1) is 12.1. The van der Waals surface area contributed by atoms with Gasteiger partial charge in [-0.3, -0.25) is 9.59 Å². The maximum Gasteiger partial charge on any atom is 0.274 e. The maximum absolute atomic E-state index is 12.8. The number of carbonyl (C=O) groups is 2. The number of methoxy groups -OCH3 is 1. The van der Waals surface area contributed by atoms with Crippen LogP contribution in [0.25, 0.3) is 11.0 Å². The molecule has 0 atom stereocenters. The van der Waals surface area contributed by atoms with Gasteiger partial charge in [-0.15, -0.1) is 23.5 Å². The van der Waals surface area contributed by atoms with Crippen LogP contribution in [-0.2, 0) is 14.3 Å². The molecule has 0 radical (unpaired) electrons. The molecular weight excluding hydrogens is 382 g/mol. The number of aromatic nitrogens is 2. The highest BCUT2D eigenvalue weighted by molar-refractivity contribution is 8.08. The Morgan fingerprint density at radius 2 is 1.72 bits per heavy atom. The van der Waals surface area contributed by atoms with Crippen LogP contribution in [0.15, 0.2) is 34.1 Å². The Labute approximate surface area is 157 Å². The molecule has 0 N–H and O–H groups in total. The number of anilines is 1. The van der Waals surface area contributed by atoms with Crippen molar-refractivity contribution >= 4 is 63.8 Å². The highest BCUT2D eigenvalue weighted by Gasteiger charge is 2.42. The summed E-state index contributed by atoms with van der Waals surface area (Å²) in [7, 11) is 1.63. The topological polar surface area (TPSA) is 72.4 Å². The minimum absolute atomic E-state index is 0.0137. The van der Waals surface area contributed by atoms with Crippen LogP contribution in [0.4, 0.5) is 5.82 Å². The molecule has 6 nitrogen and oxygen atoms in total. The normalized spacial score (nSPS) is 18.9. The Morgan fingerprint density at radius 3 is 2.36 bits per heavy atom. The number of nitrogens with zero attached hydrogens (tertiary/aromatic N) is 3. The second-order valence-corrected chi connectivity index (χ2v) is 7.88. The van der Waals surface area contributed by atoms with Crippen molar-refractivity contribution in [2.45, 2.75) is 6.10 Å². The van der Waals surface area contributed by atoms with Gasteiger partial charge in [0.15, 0.2) is 5.65 Å². The predicted molar refractivity (Wildman–Crippen MR) is 99.8 cm³/mol. The fraction of sp³-hybridized carbons (Fsp3) is 0.250. The number of halogens is 1. The minimum atomic E-state index is -0.344. The second kappa shape index (κ2) is 6.60. The van der Waals surface area contributed by atoms with Crippen molar-refractivity contribution in [3.63, 3.8) is 0 Å². The first kappa shape index (κ1) is 16.8. The number of fused-ring (bicyclic) bond motifs is 1. The molecule has 128 valence electrons. The van der Waals surface area contributed by atoms with E-state index in [0.29, 0.717) is 32.1 Å². The molecule has 0 spiro atoms. The molecule has 0 aromatic carbocycles. The molecule has 0 unspecified atom stereocenters. The van der Waals surface area contributed by atoms with Crippen molar-refractivity contribution in [2.24, 2.45) is 0 Å². The average molecular weight is 394 g/mol. The van der Waals surface area contributed by atoms with E-state index in [9.17, 15) is 9.59 Å². The summed E-state index contributed by atoms with van der Waals surface area (Å²) in [6, 6.07) is 6.87. The van der Waals surface area contributed by atoms with E-state index in [4.69, 9.17) is 16.3 Å². The second-order valence-electron chi connectivity index (χ2n) is 5.43. The lowest BCUT2D eigenvalue weighted by Crippen LogP contribution is -2.32. The molecule has 0 saturated carbocycles. The Hall–Kier alpha value is -1.61. The summed E-state index contributed by atoms with van der Waals surface area (Å²) >= 11 is 8.63. The molecule has 25 heavy (non-hydrogen) atoms. The van der Waals surface area contributed by atoms with Crippen LogP contribution in [0.2, 0.25) is 5.15 Å². The summed E-state index contributed by atoms with van der Waals surface area (Å²) in [4.78, 5) is 36.1. The zero-order chi connectivity index (χ0) is 17.6. The number of hydrogen-bond acceptors (Lipinski definition) is 7. The summed E-state index contributed by atoms with van der Waals surface area (Å²) in [6.45, 7) is 0. The highest BCUT2D eigenvalue weighted by atomic mass is 35.5. The highest BCUT2D eigenvalue weighted by Crippen LogP contribution is 2.41. The number of ether oxygens (including phenoxy) is 1. The molecular formula is C16H12ClN3O3S2. The molecule has 2 aromatic heterocycles. The summed E-state index contributed by atoms with van der Waals surface area (Å²) in [5, 5.41) is 1.09. The Kier molecular flexibility index (Phi) is 4.45. The molecule has 2 amide bonds. The van der Waals surface area contributed by atoms with E-state index in [2.05, 4.69) is 9.97 Å². The van der Waals surface area contributed by atoms with E-state index in [0.717, 1.165) is 10.3 Å². The Bertz CT molecular complexity index is 904. The molecule has 2 aliphatic rings. The molecule has 0 saturated heterocycles. The van der Waals surface area contributed by atoms with E-state index >= 15 is 0 Å². The van der Waals surface area contributed by atoms with Crippen LogP contribution < -0.4 is 4.90 Å². The lowest BCUT2D eigenvalue weighted by molar-refractivity contribution is -0.120. The molecule has 2 aromatic rings. The quantitative estimate of drug-likeness (QED) is 0.573. The predicted octanol–water partition coefficient (Wildman–Crippen LogP) is 2.86. The van der Waals surface area contributed by atoms with Crippen molar-refractivity contribution < 1.29 is 14.3 Å². The van der Waals surface area contributed by atoms with Crippen molar-refractivity contribution in [3.8, 4) is 0 Å². The van der Waals surface area contributed by atoms with Crippen LogP contribution in [0.5, 0.6) is 0 Å². The van der Waals surface area contributed by atoms with E-state index in [-0.39, 0.29) is 23.7 Å². The summed E-state index contributed by atoms with van der Waals surface area (Å²) in [5.41, 5.74) is 0.396. The van der Waals surface area contributed by atoms with Crippen molar-refractivity contribution in [2.75, 3.05) is 23.5 Å². The van der Waals surface area contributed by atoms with Crippen molar-refractivity contribution in [1.82, 2.24) is 9.97 Å². The van der Waals surface area contributed by atoms with Gasteiger partial charge in [0.25, 0.3) is 11.8 Å². The van der Waals surface area contributed by atoms with Crippen LogP contribution in [0.3, 0.4) is 0 Å². The van der Waals surface area contributed by atoms with Gasteiger partial charge >= 0.3 is 0 Å². The molecule has 9 heteroatoms. The lowest BCUT2D eigenvalue weighted by Gasteiger charge is -2.16. The van der Waals surface area contributed by atoms with Gasteiger partial charge in [-0.25, -0.2) is 14.9 Å². The Morgan fingerprint density at radius 1 is 1.08 bits per heavy atom. The van der Waals surface area contributed by atoms with Gasteiger partial charge in [-0.05, 0) is 24.3 Å². The van der Waals surface area contributed by atoms with Gasteiger partial charge in [0, 0.05) is 24.0 Å². The van der Waals surface area contributed by atoms with Gasteiger partial charge in [0.1, 0.15) is 11.0 Å². The Balaban J connectivity index is 1.69. The van der Waals surface area contributed by atoms with Crippen molar-refractivity contribution in [3.05, 3.63) is 39.2 Å². The third kappa shape index (κ3) is 2.93. The van der Waals surface area contributed by atoms with Gasteiger partial charge in [-0.2, -0.15) is 0 Å². The van der Waals surface area contributed by atoms with Gasteiger partial charge in [0.2, 0.25) is 0 Å². The molecule has 0 fully saturated rings. The smallest absolute Gasteiger partial charge is 0.274 e. The number of hydrogen-bond donors (Lipinski definition) is 0. The largest absolute Gasteiger partial charge is 0.380 e. The van der Waals surface area contributed by atoms with Crippen LogP contribution in [0.1, 0.15) is 0 Å². The fourth-order valence-corrected chi connectivity index (χ4v) is 5.30. The van der Waals surface area contributed by atoms with Gasteiger partial charge < -0.3 is 4.74 Å². The van der Waals surface area contributed by atoms with E-state index < -0.39 is 0 Å². The number of amides is 2. The number of pyridine rings is 2. The molecule has 4 rings (SSSR count). The van der Waals surface area contributed by atoms with E-state index in [1.165, 1.54) is 23.5 Å². The first-order valence-electron chi connectivity index (χ1n) is 7.43. The number of rotatable bonds is 2. The van der Waals surface area contributed by atoms with Crippen molar-refractivity contribution in [1.29, 1.82) is 0 Å². The number of carbonyl (C=O) groups excluding carboxylic acids is 2. The zero-order valence-electron chi connectivity index (χ0n) is 13.1. The number of thioether (sulfide) groups is 2. The average Bonchev–Trinajstić information content (AvgIpc) is 2.77. The van der Waals surface area contributed by atoms with E-state index in [1.54, 1.807) is 31.4 Å². The first-order valence-corrected chi connectivity index (χ1v) is 9.78. The minimum Gasteiger partial charge on any atom is -0.380 e. The van der Waals surface area contributed by atoms with Gasteiger partial charge in [0.05, 0.1) is 15.9 Å².